The third-order valence-electron chi connectivity index (χ3n) is 4.58. The van der Waals surface area contributed by atoms with Crippen molar-refractivity contribution < 1.29 is 14.6 Å². The first kappa shape index (κ1) is 18.4. The number of carbonyl (C=O) groups excluding carboxylic acids is 1. The van der Waals surface area contributed by atoms with Gasteiger partial charge < -0.3 is 5.11 Å². The average Bonchev–Trinajstić information content (AvgIpc) is 2.73. The molecule has 3 aromatic rings. The zero-order valence-electron chi connectivity index (χ0n) is 15.6. The molecule has 142 valence electrons. The number of nitrogens with zero attached hydrogens (tertiary/aromatic N) is 5. The molecule has 4 rings (SSSR count). The van der Waals surface area contributed by atoms with E-state index >= 15 is 0 Å². The van der Waals surface area contributed by atoms with Crippen LogP contribution in [0.2, 0.25) is 0 Å². The molecule has 1 aromatic carbocycles. The number of fused-ring (bicyclic) bond motifs is 3. The molecule has 0 saturated heterocycles. The maximum Gasteiger partial charge on any atom is 0.309 e. The van der Waals surface area contributed by atoms with Gasteiger partial charge in [0.1, 0.15) is 5.69 Å². The molecule has 0 bridgehead atoms. The summed E-state index contributed by atoms with van der Waals surface area (Å²) in [6.07, 6.45) is 3.95. The van der Waals surface area contributed by atoms with E-state index < -0.39 is 6.17 Å². The second-order valence-electron chi connectivity index (χ2n) is 6.36. The molecule has 3 heterocycles. The molecule has 0 N–H and O–H groups in total. The van der Waals surface area contributed by atoms with E-state index in [1.807, 2.05) is 55.6 Å². The van der Waals surface area contributed by atoms with Crippen LogP contribution in [0.5, 0.6) is 5.88 Å². The van der Waals surface area contributed by atoms with Crippen molar-refractivity contribution in [1.82, 2.24) is 15.1 Å². The van der Waals surface area contributed by atoms with Gasteiger partial charge in [0.15, 0.2) is 0 Å². The molecule has 8 heteroatoms. The minimum atomic E-state index is -0.647. The van der Waals surface area contributed by atoms with Gasteiger partial charge in [-0.1, -0.05) is 41.6 Å². The van der Waals surface area contributed by atoms with Gasteiger partial charge in [0, 0.05) is 17.7 Å². The van der Waals surface area contributed by atoms with Crippen molar-refractivity contribution in [3.05, 3.63) is 54.4 Å². The van der Waals surface area contributed by atoms with Gasteiger partial charge in [-0.05, 0) is 36.9 Å². The van der Waals surface area contributed by atoms with E-state index in [-0.39, 0.29) is 11.8 Å². The molecule has 0 fully saturated rings. The summed E-state index contributed by atoms with van der Waals surface area (Å²) in [7, 11) is 0. The van der Waals surface area contributed by atoms with Gasteiger partial charge in [-0.3, -0.25) is 9.78 Å². The van der Waals surface area contributed by atoms with Crippen LogP contribution in [0.3, 0.4) is 0 Å². The van der Waals surface area contributed by atoms with Crippen molar-refractivity contribution in [2.45, 2.75) is 31.1 Å². The molecule has 1 atom stereocenters. The number of hydrogen-bond acceptors (Lipinski definition) is 6. The molecule has 0 radical (unpaired) electrons. The summed E-state index contributed by atoms with van der Waals surface area (Å²) >= 11 is 1.29. The molecule has 28 heavy (non-hydrogen) atoms. The normalized spacial score (nSPS) is 15.1. The summed E-state index contributed by atoms with van der Waals surface area (Å²) in [6, 6.07) is 12.9. The Kier molecular flexibility index (Phi) is 4.95. The van der Waals surface area contributed by atoms with Gasteiger partial charge in [0.2, 0.25) is 5.91 Å². The van der Waals surface area contributed by atoms with Gasteiger partial charge in [0.25, 0.3) is 10.9 Å². The molecule has 0 saturated carbocycles. The fourth-order valence-electron chi connectivity index (χ4n) is 3.42. The fourth-order valence-corrected chi connectivity index (χ4v) is 3.76. The van der Waals surface area contributed by atoms with Crippen LogP contribution < -0.4 is 14.7 Å². The zero-order chi connectivity index (χ0) is 19.7. The van der Waals surface area contributed by atoms with E-state index in [1.54, 1.807) is 15.8 Å². The average molecular weight is 393 g/mol. The maximum atomic E-state index is 13.2. The van der Waals surface area contributed by atoms with Crippen LogP contribution in [-0.4, -0.2) is 27.2 Å². The number of pyridine rings is 1. The molecule has 1 amide bonds. The Labute approximate surface area is 167 Å². The van der Waals surface area contributed by atoms with Crippen molar-refractivity contribution in [1.29, 1.82) is 0 Å². The molecule has 0 spiro atoms. The Morgan fingerprint density at radius 2 is 2.04 bits per heavy atom. The van der Waals surface area contributed by atoms with Crippen molar-refractivity contribution >= 4 is 23.4 Å². The lowest BCUT2D eigenvalue weighted by atomic mass is 10.0. The molecule has 0 aliphatic carbocycles. The van der Waals surface area contributed by atoms with Crippen LogP contribution in [-0.2, 0) is 4.79 Å². The molecule has 1 aliphatic rings. The summed E-state index contributed by atoms with van der Waals surface area (Å²) in [5.41, 5.74) is 2.33. The number of benzene rings is 1. The van der Waals surface area contributed by atoms with Crippen molar-refractivity contribution in [2.24, 2.45) is 0 Å². The second kappa shape index (κ2) is 7.55. The first-order valence-electron chi connectivity index (χ1n) is 9.03. The predicted octanol–water partition coefficient (Wildman–Crippen LogP) is 2.32. The van der Waals surface area contributed by atoms with Crippen LogP contribution in [0.25, 0.3) is 11.3 Å². The van der Waals surface area contributed by atoms with Gasteiger partial charge in [-0.2, -0.15) is 0 Å². The summed E-state index contributed by atoms with van der Waals surface area (Å²) in [5.74, 6) is -0.407. The van der Waals surface area contributed by atoms with E-state index in [4.69, 9.17) is 0 Å². The zero-order valence-corrected chi connectivity index (χ0v) is 16.4. The van der Waals surface area contributed by atoms with Gasteiger partial charge in [-0.25, -0.2) is 9.88 Å². The smallest absolute Gasteiger partial charge is 0.309 e. The van der Waals surface area contributed by atoms with Crippen LogP contribution in [0.15, 0.2) is 53.8 Å². The number of amides is 1. The Balaban J connectivity index is 2.04. The lowest BCUT2D eigenvalue weighted by Crippen LogP contribution is -2.59. The molecule has 1 aliphatic heterocycles. The van der Waals surface area contributed by atoms with Gasteiger partial charge in [0.05, 0.1) is 17.1 Å². The highest BCUT2D eigenvalue weighted by Gasteiger charge is 2.45. The van der Waals surface area contributed by atoms with Crippen molar-refractivity contribution in [2.75, 3.05) is 11.2 Å². The van der Waals surface area contributed by atoms with E-state index in [2.05, 4.69) is 15.1 Å². The van der Waals surface area contributed by atoms with E-state index in [0.29, 0.717) is 34.2 Å². The number of hydrogen-bond donors (Lipinski definition) is 0. The highest BCUT2D eigenvalue weighted by Crippen LogP contribution is 2.40. The largest absolute Gasteiger partial charge is 0.854 e. The molecule has 7 nitrogen and oxygen atoms in total. The fraction of sp³-hybridized carbons (Fsp3) is 0.250. The summed E-state index contributed by atoms with van der Waals surface area (Å²) < 4.78 is 1.60. The van der Waals surface area contributed by atoms with Crippen molar-refractivity contribution in [3.8, 4) is 17.1 Å². The number of anilines is 1. The number of para-hydroxylation sites is 1. The van der Waals surface area contributed by atoms with Crippen LogP contribution in [0.1, 0.15) is 31.6 Å². The minimum Gasteiger partial charge on any atom is -0.854 e. The first-order valence-corrected chi connectivity index (χ1v) is 10.3. The molecule has 2 aromatic heterocycles. The first-order chi connectivity index (χ1) is 13.7. The molecular formula is C20H19N5O2S. The highest BCUT2D eigenvalue weighted by atomic mass is 32.2. The third-order valence-corrected chi connectivity index (χ3v) is 5.12. The molecule has 1 unspecified atom stereocenters. The molecular weight excluding hydrogens is 374 g/mol. The number of rotatable bonds is 4. The monoisotopic (exact) mass is 393 g/mol. The standard InChI is InChI=1S/C20H19N5O2S/c1-3-8-16(26)24-15-11-5-4-9-13(15)17-18(27)22-20(28-2)23-25(17)19(24)14-10-6-7-12-21-14/h4-7,9-12,19H,3,8H2,1-2H3. The van der Waals surface area contributed by atoms with E-state index in [1.165, 1.54) is 11.8 Å². The van der Waals surface area contributed by atoms with Gasteiger partial charge in [-0.15, -0.1) is 0 Å². The summed E-state index contributed by atoms with van der Waals surface area (Å²) in [4.78, 5) is 23.4. The lowest BCUT2D eigenvalue weighted by molar-refractivity contribution is -0.764. The minimum absolute atomic E-state index is 0.0412. The summed E-state index contributed by atoms with van der Waals surface area (Å²) in [5, 5.41) is 17.8. The third kappa shape index (κ3) is 2.99. The highest BCUT2D eigenvalue weighted by molar-refractivity contribution is 7.98. The Hall–Kier alpha value is -3.00. The Morgan fingerprint density at radius 3 is 2.75 bits per heavy atom. The van der Waals surface area contributed by atoms with Crippen LogP contribution >= 0.6 is 11.8 Å². The maximum absolute atomic E-state index is 13.2. The predicted molar refractivity (Wildman–Crippen MR) is 104 cm³/mol. The van der Waals surface area contributed by atoms with Crippen LogP contribution in [0.4, 0.5) is 5.69 Å². The van der Waals surface area contributed by atoms with E-state index in [9.17, 15) is 9.90 Å². The summed E-state index contributed by atoms with van der Waals surface area (Å²) in [6.45, 7) is 1.97. The SMILES string of the molecule is CCCC(=O)N1c2ccccc2-c2c([O-])nc(SC)n[n+]2C1c1ccccn1. The van der Waals surface area contributed by atoms with Crippen LogP contribution in [0, 0.1) is 0 Å². The topological polar surface area (TPSA) is 85.9 Å². The quantitative estimate of drug-likeness (QED) is 0.499. The number of carbonyl (C=O) groups is 1. The number of aromatic nitrogens is 4. The lowest BCUT2D eigenvalue weighted by Gasteiger charge is -2.33. The Bertz CT molecular complexity index is 1030. The van der Waals surface area contributed by atoms with E-state index in [0.717, 1.165) is 6.42 Å². The Morgan fingerprint density at radius 1 is 1.25 bits per heavy atom. The second-order valence-corrected chi connectivity index (χ2v) is 7.13. The van der Waals surface area contributed by atoms with Gasteiger partial charge >= 0.3 is 6.17 Å². The number of thioether (sulfide) groups is 1. The van der Waals surface area contributed by atoms with Crippen molar-refractivity contribution in [3.63, 3.8) is 0 Å².